The van der Waals surface area contributed by atoms with Gasteiger partial charge in [0.25, 0.3) is 0 Å². The van der Waals surface area contributed by atoms with Crippen molar-refractivity contribution < 1.29 is 17.6 Å². The maximum absolute atomic E-state index is 12.6. The van der Waals surface area contributed by atoms with E-state index < -0.39 is 10.0 Å². The molecular formula is C18H21N3O4S. The lowest BCUT2D eigenvalue weighted by molar-refractivity contribution is -0.136. The van der Waals surface area contributed by atoms with Crippen molar-refractivity contribution in [2.24, 2.45) is 11.0 Å². The van der Waals surface area contributed by atoms with Crippen LogP contribution in [0.3, 0.4) is 0 Å². The minimum atomic E-state index is -3.43. The molecule has 3 rings (SSSR count). The molecule has 0 fully saturated rings. The van der Waals surface area contributed by atoms with Gasteiger partial charge in [0.2, 0.25) is 15.9 Å². The van der Waals surface area contributed by atoms with Crippen molar-refractivity contribution in [1.29, 1.82) is 0 Å². The van der Waals surface area contributed by atoms with E-state index in [1.807, 2.05) is 19.9 Å². The average molecular weight is 375 g/mol. The highest BCUT2D eigenvalue weighted by Crippen LogP contribution is 2.35. The third kappa shape index (κ3) is 3.80. The number of hydrogen-bond acceptors (Lipinski definition) is 5. The van der Waals surface area contributed by atoms with Crippen molar-refractivity contribution >= 4 is 27.3 Å². The van der Waals surface area contributed by atoms with Gasteiger partial charge in [0.1, 0.15) is 11.8 Å². The topological polar surface area (TPSA) is 92.0 Å². The minimum Gasteiger partial charge on any atom is -0.467 e. The Labute approximate surface area is 152 Å². The summed E-state index contributed by atoms with van der Waals surface area (Å²) in [5.74, 6) is 0.307. The molecular weight excluding hydrogens is 354 g/mol. The second kappa shape index (κ2) is 6.95. The highest BCUT2D eigenvalue weighted by atomic mass is 32.2. The maximum Gasteiger partial charge on any atom is 0.245 e. The molecule has 1 N–H and O–H groups in total. The van der Waals surface area contributed by atoms with E-state index in [0.29, 0.717) is 29.1 Å². The lowest BCUT2D eigenvalue weighted by Crippen LogP contribution is -2.30. The van der Waals surface area contributed by atoms with Crippen LogP contribution in [-0.2, 0) is 14.8 Å². The molecule has 7 nitrogen and oxygen atoms in total. The predicted molar refractivity (Wildman–Crippen MR) is 99.2 cm³/mol. The normalized spacial score (nSPS) is 17.5. The summed E-state index contributed by atoms with van der Waals surface area (Å²) in [7, 11) is -3.43. The molecule has 0 unspecified atom stereocenters. The number of anilines is 1. The van der Waals surface area contributed by atoms with Crippen LogP contribution in [0.25, 0.3) is 0 Å². The fraction of sp³-hybridized carbons (Fsp3) is 0.333. The Hall–Kier alpha value is -2.61. The van der Waals surface area contributed by atoms with E-state index in [1.165, 1.54) is 5.01 Å². The van der Waals surface area contributed by atoms with E-state index >= 15 is 0 Å². The zero-order valence-electron chi connectivity index (χ0n) is 14.8. The summed E-state index contributed by atoms with van der Waals surface area (Å²) in [6.45, 7) is 3.63. The van der Waals surface area contributed by atoms with Gasteiger partial charge in [0.05, 0.1) is 23.9 Å². The lowest BCUT2D eigenvalue weighted by atomic mass is 10.0. The zero-order chi connectivity index (χ0) is 18.9. The zero-order valence-corrected chi connectivity index (χ0v) is 15.7. The highest BCUT2D eigenvalue weighted by molar-refractivity contribution is 7.92. The van der Waals surface area contributed by atoms with Gasteiger partial charge in [-0.1, -0.05) is 32.0 Å². The summed E-state index contributed by atoms with van der Waals surface area (Å²) in [4.78, 5) is 12.6. The van der Waals surface area contributed by atoms with Gasteiger partial charge in [-0.15, -0.1) is 0 Å². The molecule has 0 spiro atoms. The molecule has 2 heterocycles. The van der Waals surface area contributed by atoms with Gasteiger partial charge in [-0.3, -0.25) is 9.52 Å². The largest absolute Gasteiger partial charge is 0.467 e. The van der Waals surface area contributed by atoms with Gasteiger partial charge in [-0.05, 0) is 18.2 Å². The minimum absolute atomic E-state index is 0.116. The first kappa shape index (κ1) is 18.2. The van der Waals surface area contributed by atoms with Crippen molar-refractivity contribution in [3.63, 3.8) is 0 Å². The summed E-state index contributed by atoms with van der Waals surface area (Å²) in [5.41, 5.74) is 1.71. The first-order valence-electron chi connectivity index (χ1n) is 8.27. The van der Waals surface area contributed by atoms with Gasteiger partial charge in [0, 0.05) is 17.9 Å². The summed E-state index contributed by atoms with van der Waals surface area (Å²) < 4.78 is 31.3. The van der Waals surface area contributed by atoms with Crippen molar-refractivity contribution in [3.8, 4) is 0 Å². The summed E-state index contributed by atoms with van der Waals surface area (Å²) in [5, 5.41) is 5.95. The van der Waals surface area contributed by atoms with Gasteiger partial charge in [-0.25, -0.2) is 13.4 Å². The van der Waals surface area contributed by atoms with E-state index in [4.69, 9.17) is 4.42 Å². The van der Waals surface area contributed by atoms with Gasteiger partial charge >= 0.3 is 0 Å². The Kier molecular flexibility index (Phi) is 4.86. The molecule has 0 bridgehead atoms. The monoisotopic (exact) mass is 375 g/mol. The quantitative estimate of drug-likeness (QED) is 0.869. The van der Waals surface area contributed by atoms with E-state index in [-0.39, 0.29) is 17.9 Å². The van der Waals surface area contributed by atoms with Crippen LogP contribution < -0.4 is 4.72 Å². The number of benzene rings is 1. The van der Waals surface area contributed by atoms with E-state index in [9.17, 15) is 13.2 Å². The van der Waals surface area contributed by atoms with Gasteiger partial charge < -0.3 is 4.42 Å². The van der Waals surface area contributed by atoms with Crippen LogP contribution in [0, 0.1) is 5.92 Å². The molecule has 2 aromatic rings. The summed E-state index contributed by atoms with van der Waals surface area (Å²) >= 11 is 0. The smallest absolute Gasteiger partial charge is 0.245 e. The van der Waals surface area contributed by atoms with Crippen LogP contribution in [0.1, 0.15) is 37.6 Å². The molecule has 138 valence electrons. The second-order valence-corrected chi connectivity index (χ2v) is 8.29. The number of nitrogens with zero attached hydrogens (tertiary/aromatic N) is 2. The number of hydrazone groups is 1. The Morgan fingerprint density at radius 2 is 2.00 bits per heavy atom. The molecule has 1 amide bonds. The van der Waals surface area contributed by atoms with E-state index in [0.717, 1.165) is 6.26 Å². The van der Waals surface area contributed by atoms with Crippen LogP contribution in [0.2, 0.25) is 0 Å². The number of carbonyl (C=O) groups is 1. The molecule has 1 aromatic heterocycles. The number of rotatable bonds is 5. The number of furan rings is 1. The van der Waals surface area contributed by atoms with Crippen molar-refractivity contribution in [2.45, 2.75) is 26.3 Å². The number of sulfonamides is 1. The van der Waals surface area contributed by atoms with Crippen LogP contribution >= 0.6 is 0 Å². The summed E-state index contributed by atoms with van der Waals surface area (Å²) in [6.07, 6.45) is 3.10. The lowest BCUT2D eigenvalue weighted by Gasteiger charge is -2.21. The molecule has 1 atom stereocenters. The molecule has 0 aliphatic carbocycles. The Morgan fingerprint density at radius 3 is 2.62 bits per heavy atom. The summed E-state index contributed by atoms with van der Waals surface area (Å²) in [6, 6.07) is 10.2. The second-order valence-electron chi connectivity index (χ2n) is 6.54. The Balaban J connectivity index is 2.01. The standard InChI is InChI=1S/C18H21N3O4S/c1-12(2)18(22)21-16(17-9-6-10-25-17)11-15(19-21)13-7-4-5-8-14(13)20-26(3,23)24/h4-10,12,16,20H,11H2,1-3H3/t16-/m1/s1. The van der Waals surface area contributed by atoms with Crippen molar-refractivity contribution in [2.75, 3.05) is 11.0 Å². The fourth-order valence-corrected chi connectivity index (χ4v) is 3.44. The molecule has 8 heteroatoms. The van der Waals surface area contributed by atoms with Crippen molar-refractivity contribution in [3.05, 3.63) is 54.0 Å². The Morgan fingerprint density at radius 1 is 1.27 bits per heavy atom. The van der Waals surface area contributed by atoms with Crippen LogP contribution in [-0.4, -0.2) is 31.3 Å². The maximum atomic E-state index is 12.6. The average Bonchev–Trinajstić information content (AvgIpc) is 3.22. The highest BCUT2D eigenvalue weighted by Gasteiger charge is 2.36. The first-order chi connectivity index (χ1) is 12.3. The fourth-order valence-electron chi connectivity index (χ4n) is 2.87. The third-order valence-electron chi connectivity index (χ3n) is 4.03. The van der Waals surface area contributed by atoms with E-state index in [1.54, 1.807) is 36.6 Å². The van der Waals surface area contributed by atoms with Crippen LogP contribution in [0.15, 0.2) is 52.2 Å². The number of amides is 1. The first-order valence-corrected chi connectivity index (χ1v) is 10.2. The van der Waals surface area contributed by atoms with Gasteiger partial charge in [-0.2, -0.15) is 5.10 Å². The third-order valence-corrected chi connectivity index (χ3v) is 4.63. The molecule has 1 aromatic carbocycles. The molecule has 1 aliphatic heterocycles. The SMILES string of the molecule is CC(C)C(=O)N1N=C(c2ccccc2NS(C)(=O)=O)C[C@@H]1c1ccco1. The number of nitrogens with one attached hydrogen (secondary N) is 1. The van der Waals surface area contributed by atoms with Gasteiger partial charge in [0.15, 0.2) is 0 Å². The van der Waals surface area contributed by atoms with E-state index in [2.05, 4.69) is 9.82 Å². The molecule has 26 heavy (non-hydrogen) atoms. The van der Waals surface area contributed by atoms with Crippen LogP contribution in [0.4, 0.5) is 5.69 Å². The van der Waals surface area contributed by atoms with Crippen LogP contribution in [0.5, 0.6) is 0 Å². The number of para-hydroxylation sites is 1. The Bertz CT molecular complexity index is 933. The number of hydrogen-bond donors (Lipinski definition) is 1. The predicted octanol–water partition coefficient (Wildman–Crippen LogP) is 2.98. The number of carbonyl (C=O) groups excluding carboxylic acids is 1. The molecule has 0 radical (unpaired) electrons. The molecule has 1 aliphatic rings. The molecule has 0 saturated heterocycles. The van der Waals surface area contributed by atoms with Crippen molar-refractivity contribution in [1.82, 2.24) is 5.01 Å². The molecule has 0 saturated carbocycles.